The van der Waals surface area contributed by atoms with Crippen LogP contribution in [0.4, 0.5) is 5.69 Å². The zero-order valence-electron chi connectivity index (χ0n) is 17.8. The second-order valence-electron chi connectivity index (χ2n) is 8.12. The average Bonchev–Trinajstić information content (AvgIpc) is 3.57. The summed E-state index contributed by atoms with van der Waals surface area (Å²) in [6, 6.07) is 18.9. The molecular formula is C26H21N5O. The van der Waals surface area contributed by atoms with E-state index >= 15 is 0 Å². The van der Waals surface area contributed by atoms with Gasteiger partial charge in [0.1, 0.15) is 5.69 Å². The number of benzene rings is 2. The molecule has 4 heterocycles. The number of hydrogen-bond acceptors (Lipinski definition) is 4. The molecule has 0 aliphatic rings. The fourth-order valence-corrected chi connectivity index (χ4v) is 4.18. The topological polar surface area (TPSA) is 73.7 Å². The molecule has 0 fully saturated rings. The summed E-state index contributed by atoms with van der Waals surface area (Å²) >= 11 is 0. The molecule has 0 unspecified atom stereocenters. The second-order valence-corrected chi connectivity index (χ2v) is 8.12. The Labute approximate surface area is 184 Å². The summed E-state index contributed by atoms with van der Waals surface area (Å²) in [6.45, 7) is 0. The lowest BCUT2D eigenvalue weighted by atomic mass is 10.0. The Morgan fingerprint density at radius 3 is 2.62 bits per heavy atom. The van der Waals surface area contributed by atoms with E-state index in [2.05, 4.69) is 73.6 Å². The molecule has 32 heavy (non-hydrogen) atoms. The van der Waals surface area contributed by atoms with Crippen LogP contribution in [0.5, 0.6) is 0 Å². The molecule has 0 saturated carbocycles. The quantitative estimate of drug-likeness (QED) is 0.362. The molecule has 0 aliphatic heterocycles. The van der Waals surface area contributed by atoms with Crippen molar-refractivity contribution in [3.05, 3.63) is 79.5 Å². The van der Waals surface area contributed by atoms with Gasteiger partial charge in [0.15, 0.2) is 0 Å². The van der Waals surface area contributed by atoms with E-state index in [1.807, 2.05) is 32.6 Å². The lowest BCUT2D eigenvalue weighted by molar-refractivity contribution is 0.568. The van der Waals surface area contributed by atoms with Gasteiger partial charge >= 0.3 is 0 Å². The number of fused-ring (bicyclic) bond motifs is 2. The molecule has 6 rings (SSSR count). The molecule has 0 bridgehead atoms. The molecule has 2 N–H and O–H groups in total. The monoisotopic (exact) mass is 419 g/mol. The third kappa shape index (κ3) is 2.96. The number of nitrogens with zero attached hydrogens (tertiary/aromatic N) is 3. The third-order valence-corrected chi connectivity index (χ3v) is 5.89. The Balaban J connectivity index is 1.49. The van der Waals surface area contributed by atoms with E-state index in [0.29, 0.717) is 0 Å². The first-order valence-corrected chi connectivity index (χ1v) is 10.4. The number of pyridine rings is 1. The Bertz CT molecular complexity index is 1560. The highest BCUT2D eigenvalue weighted by atomic mass is 16.3. The van der Waals surface area contributed by atoms with Crippen molar-refractivity contribution in [2.45, 2.75) is 0 Å². The van der Waals surface area contributed by atoms with Gasteiger partial charge in [-0.3, -0.25) is 10.1 Å². The highest BCUT2D eigenvalue weighted by molar-refractivity contribution is 6.01. The van der Waals surface area contributed by atoms with Crippen LogP contribution in [0, 0.1) is 0 Å². The highest BCUT2D eigenvalue weighted by Crippen LogP contribution is 2.35. The van der Waals surface area contributed by atoms with Crippen LogP contribution in [0.25, 0.3) is 55.4 Å². The zero-order valence-corrected chi connectivity index (χ0v) is 17.8. The number of nitrogens with one attached hydrogen (secondary N) is 2. The van der Waals surface area contributed by atoms with Crippen LogP contribution < -0.4 is 4.90 Å². The Hall–Kier alpha value is -4.32. The number of H-pyrrole nitrogens is 2. The van der Waals surface area contributed by atoms with Gasteiger partial charge in [0.2, 0.25) is 0 Å². The number of furan rings is 1. The molecule has 2 aromatic carbocycles. The third-order valence-electron chi connectivity index (χ3n) is 5.89. The van der Waals surface area contributed by atoms with E-state index < -0.39 is 0 Å². The van der Waals surface area contributed by atoms with Crippen molar-refractivity contribution in [1.82, 2.24) is 20.2 Å². The summed E-state index contributed by atoms with van der Waals surface area (Å²) < 4.78 is 5.30. The molecule has 0 saturated heterocycles. The Morgan fingerprint density at radius 2 is 1.78 bits per heavy atom. The van der Waals surface area contributed by atoms with Gasteiger partial charge in [0.25, 0.3) is 0 Å². The standard InChI is InChI=1S/C26H21N5O/c1-31(2)19-10-18(13-27-14-19)16-6-7-24-22(11-16)26(30-29-24)25-12-21-20(17-8-9-32-15-17)4-3-5-23(21)28-25/h3-15,28H,1-2H3,(H,29,30). The second kappa shape index (κ2) is 7.13. The Morgan fingerprint density at radius 1 is 0.844 bits per heavy atom. The van der Waals surface area contributed by atoms with Crippen molar-refractivity contribution in [2.24, 2.45) is 0 Å². The first kappa shape index (κ1) is 18.4. The molecule has 156 valence electrons. The molecule has 4 aromatic heterocycles. The van der Waals surface area contributed by atoms with E-state index in [4.69, 9.17) is 4.42 Å². The van der Waals surface area contributed by atoms with Gasteiger partial charge in [-0.1, -0.05) is 18.2 Å². The Kier molecular flexibility index (Phi) is 4.11. The van der Waals surface area contributed by atoms with Crippen LogP contribution in [0.3, 0.4) is 0 Å². The summed E-state index contributed by atoms with van der Waals surface area (Å²) in [7, 11) is 4.04. The molecule has 6 heteroatoms. The fourth-order valence-electron chi connectivity index (χ4n) is 4.18. The maximum Gasteiger partial charge on any atom is 0.116 e. The van der Waals surface area contributed by atoms with Crippen molar-refractivity contribution in [1.29, 1.82) is 0 Å². The molecule has 6 aromatic rings. The molecular weight excluding hydrogens is 398 g/mol. The zero-order chi connectivity index (χ0) is 21.7. The van der Waals surface area contributed by atoms with E-state index in [0.717, 1.165) is 61.1 Å². The van der Waals surface area contributed by atoms with Crippen LogP contribution >= 0.6 is 0 Å². The van der Waals surface area contributed by atoms with Gasteiger partial charge < -0.3 is 14.3 Å². The number of rotatable bonds is 4. The molecule has 0 radical (unpaired) electrons. The summed E-state index contributed by atoms with van der Waals surface area (Å²) in [6.07, 6.45) is 7.24. The van der Waals surface area contributed by atoms with E-state index in [1.165, 1.54) is 0 Å². The van der Waals surface area contributed by atoms with E-state index in [1.54, 1.807) is 12.5 Å². The fraction of sp³-hybridized carbons (Fsp3) is 0.0769. The van der Waals surface area contributed by atoms with Crippen LogP contribution in [0.15, 0.2) is 83.9 Å². The number of aromatic amines is 2. The van der Waals surface area contributed by atoms with Crippen molar-refractivity contribution in [2.75, 3.05) is 19.0 Å². The van der Waals surface area contributed by atoms with Crippen LogP contribution in [-0.4, -0.2) is 34.3 Å². The summed E-state index contributed by atoms with van der Waals surface area (Å²) in [5.74, 6) is 0. The number of anilines is 1. The normalized spacial score (nSPS) is 11.4. The SMILES string of the molecule is CN(C)c1cncc(-c2ccc3[nH]nc(-c4cc5c(-c6ccoc6)cccc5[nH]4)c3c2)c1. The van der Waals surface area contributed by atoms with Gasteiger partial charge in [0.05, 0.1) is 35.6 Å². The lowest BCUT2D eigenvalue weighted by Gasteiger charge is -2.13. The molecule has 0 atom stereocenters. The van der Waals surface area contributed by atoms with Crippen molar-refractivity contribution in [3.63, 3.8) is 0 Å². The van der Waals surface area contributed by atoms with E-state index in [-0.39, 0.29) is 0 Å². The van der Waals surface area contributed by atoms with Crippen molar-refractivity contribution >= 4 is 27.5 Å². The largest absolute Gasteiger partial charge is 0.472 e. The minimum absolute atomic E-state index is 0.896. The predicted octanol–water partition coefficient (Wildman–Crippen LogP) is 6.10. The summed E-state index contributed by atoms with van der Waals surface area (Å²) in [5, 5.41) is 10.0. The average molecular weight is 419 g/mol. The first-order valence-electron chi connectivity index (χ1n) is 10.4. The van der Waals surface area contributed by atoms with Gasteiger partial charge in [-0.25, -0.2) is 0 Å². The molecule has 0 amide bonds. The molecule has 0 aliphatic carbocycles. The van der Waals surface area contributed by atoms with Gasteiger partial charge in [0, 0.05) is 47.7 Å². The minimum atomic E-state index is 0.896. The maximum absolute atomic E-state index is 5.30. The summed E-state index contributed by atoms with van der Waals surface area (Å²) in [4.78, 5) is 10.0. The highest BCUT2D eigenvalue weighted by Gasteiger charge is 2.15. The number of hydrogen-bond donors (Lipinski definition) is 2. The van der Waals surface area contributed by atoms with Gasteiger partial charge in [-0.2, -0.15) is 5.10 Å². The lowest BCUT2D eigenvalue weighted by Crippen LogP contribution is -2.08. The van der Waals surface area contributed by atoms with Crippen molar-refractivity contribution in [3.8, 4) is 33.6 Å². The first-order chi connectivity index (χ1) is 15.7. The number of aromatic nitrogens is 4. The van der Waals surface area contributed by atoms with Crippen molar-refractivity contribution < 1.29 is 4.42 Å². The van der Waals surface area contributed by atoms with Gasteiger partial charge in [-0.05, 0) is 47.5 Å². The van der Waals surface area contributed by atoms with Crippen LogP contribution in [0.1, 0.15) is 0 Å². The smallest absolute Gasteiger partial charge is 0.116 e. The molecule has 6 nitrogen and oxygen atoms in total. The maximum atomic E-state index is 5.30. The van der Waals surface area contributed by atoms with E-state index in [9.17, 15) is 0 Å². The predicted molar refractivity (Wildman–Crippen MR) is 129 cm³/mol. The van der Waals surface area contributed by atoms with Gasteiger partial charge in [-0.15, -0.1) is 0 Å². The van der Waals surface area contributed by atoms with Crippen LogP contribution in [-0.2, 0) is 0 Å². The summed E-state index contributed by atoms with van der Waals surface area (Å²) in [5.41, 5.74) is 9.36. The van der Waals surface area contributed by atoms with Crippen LogP contribution in [0.2, 0.25) is 0 Å². The minimum Gasteiger partial charge on any atom is -0.472 e. The molecule has 0 spiro atoms.